The van der Waals surface area contributed by atoms with E-state index < -0.39 is 0 Å². The molecule has 0 aliphatic rings. The Bertz CT molecular complexity index is 1620. The molecule has 8 nitrogen and oxygen atoms in total. The summed E-state index contributed by atoms with van der Waals surface area (Å²) in [5.74, 6) is -0.000134. The highest BCUT2D eigenvalue weighted by Crippen LogP contribution is 2.27. The third-order valence-electron chi connectivity index (χ3n) is 5.41. The monoisotopic (exact) mass is 582 g/mol. The van der Waals surface area contributed by atoms with Gasteiger partial charge in [-0.2, -0.15) is 0 Å². The molecule has 38 heavy (non-hydrogen) atoms. The minimum absolute atomic E-state index is 0.0844. The van der Waals surface area contributed by atoms with E-state index in [0.717, 1.165) is 21.5 Å². The van der Waals surface area contributed by atoms with Gasteiger partial charge in [-0.25, -0.2) is 4.98 Å². The number of carbonyl (C=O) groups is 2. The van der Waals surface area contributed by atoms with E-state index in [-0.39, 0.29) is 29.7 Å². The van der Waals surface area contributed by atoms with Crippen LogP contribution in [0.1, 0.15) is 21.7 Å². The number of halogens is 2. The van der Waals surface area contributed by atoms with Gasteiger partial charge in [-0.3, -0.25) is 14.2 Å². The van der Waals surface area contributed by atoms with Crippen molar-refractivity contribution >= 4 is 73.5 Å². The van der Waals surface area contributed by atoms with E-state index in [9.17, 15) is 9.59 Å². The Kier molecular flexibility index (Phi) is 7.94. The molecule has 2 heterocycles. The molecular formula is C26H20Cl2N6O2S2. The van der Waals surface area contributed by atoms with Crippen LogP contribution >= 0.6 is 46.3 Å². The Labute approximate surface area is 236 Å². The van der Waals surface area contributed by atoms with Gasteiger partial charge < -0.3 is 10.6 Å². The summed E-state index contributed by atoms with van der Waals surface area (Å²) >= 11 is 14.9. The number of carbonyl (C=O) groups excluding carboxylic acids is 2. The van der Waals surface area contributed by atoms with Crippen LogP contribution in [-0.4, -0.2) is 37.3 Å². The lowest BCUT2D eigenvalue weighted by Crippen LogP contribution is -2.25. The first kappa shape index (κ1) is 26.2. The molecule has 5 rings (SSSR count). The van der Waals surface area contributed by atoms with Crippen LogP contribution in [-0.2, 0) is 11.3 Å². The van der Waals surface area contributed by atoms with Crippen LogP contribution in [0.3, 0.4) is 0 Å². The topological polar surface area (TPSA) is 102 Å². The molecule has 0 unspecified atom stereocenters. The number of rotatable bonds is 8. The van der Waals surface area contributed by atoms with Crippen LogP contribution < -0.4 is 10.6 Å². The van der Waals surface area contributed by atoms with E-state index in [1.165, 1.54) is 29.2 Å². The molecule has 3 aromatic carbocycles. The second-order valence-corrected chi connectivity index (χ2v) is 11.0. The summed E-state index contributed by atoms with van der Waals surface area (Å²) in [7, 11) is 0. The molecule has 0 aliphatic heterocycles. The Morgan fingerprint density at radius 1 is 1.03 bits per heavy atom. The second kappa shape index (κ2) is 11.5. The summed E-state index contributed by atoms with van der Waals surface area (Å²) in [6, 6.07) is 20.2. The van der Waals surface area contributed by atoms with Gasteiger partial charge in [-0.15, -0.1) is 10.2 Å². The van der Waals surface area contributed by atoms with Crippen molar-refractivity contribution in [1.29, 1.82) is 0 Å². The lowest BCUT2D eigenvalue weighted by molar-refractivity contribution is -0.113. The number of nitrogens with zero attached hydrogens (tertiary/aromatic N) is 4. The molecule has 0 radical (unpaired) electrons. The van der Waals surface area contributed by atoms with Gasteiger partial charge in [-0.1, -0.05) is 70.6 Å². The minimum atomic E-state index is -0.388. The average Bonchev–Trinajstić information content (AvgIpc) is 3.50. The number of hydrogen-bond acceptors (Lipinski definition) is 7. The maximum absolute atomic E-state index is 12.8. The first-order valence-electron chi connectivity index (χ1n) is 11.4. The zero-order chi connectivity index (χ0) is 26.6. The maximum Gasteiger partial charge on any atom is 0.253 e. The van der Waals surface area contributed by atoms with Gasteiger partial charge in [0.25, 0.3) is 5.91 Å². The van der Waals surface area contributed by atoms with Crippen molar-refractivity contribution in [2.75, 3.05) is 11.1 Å². The lowest BCUT2D eigenvalue weighted by atomic mass is 10.2. The van der Waals surface area contributed by atoms with Gasteiger partial charge in [0.05, 0.1) is 33.1 Å². The first-order valence-corrected chi connectivity index (χ1v) is 14.0. The fourth-order valence-electron chi connectivity index (χ4n) is 3.67. The number of aromatic nitrogens is 4. The van der Waals surface area contributed by atoms with Crippen molar-refractivity contribution in [2.24, 2.45) is 0 Å². The van der Waals surface area contributed by atoms with Crippen LogP contribution in [0.15, 0.2) is 71.9 Å². The third-order valence-corrected chi connectivity index (χ3v) is 7.86. The number of hydrogen-bond donors (Lipinski definition) is 2. The normalized spacial score (nSPS) is 11.0. The third kappa shape index (κ3) is 5.99. The van der Waals surface area contributed by atoms with Gasteiger partial charge >= 0.3 is 0 Å². The minimum Gasteiger partial charge on any atom is -0.345 e. The highest BCUT2D eigenvalue weighted by molar-refractivity contribution is 7.99. The number of nitrogens with one attached hydrogen (secondary N) is 2. The van der Waals surface area contributed by atoms with Crippen LogP contribution in [0.4, 0.5) is 5.13 Å². The molecule has 2 aromatic heterocycles. The van der Waals surface area contributed by atoms with E-state index in [1.54, 1.807) is 12.1 Å². The summed E-state index contributed by atoms with van der Waals surface area (Å²) in [5, 5.41) is 16.0. The molecular weight excluding hydrogens is 563 g/mol. The zero-order valence-corrected chi connectivity index (χ0v) is 23.1. The molecule has 0 atom stereocenters. The molecule has 192 valence electrons. The molecule has 5 aromatic rings. The molecule has 0 spiro atoms. The molecule has 0 bridgehead atoms. The van der Waals surface area contributed by atoms with Gasteiger partial charge in [0.15, 0.2) is 16.1 Å². The number of anilines is 1. The smallest absolute Gasteiger partial charge is 0.253 e. The van der Waals surface area contributed by atoms with E-state index in [4.69, 9.17) is 23.2 Å². The molecule has 0 fully saturated rings. The fraction of sp³-hybridized carbons (Fsp3) is 0.115. The number of thioether (sulfide) groups is 1. The molecule has 12 heteroatoms. The van der Waals surface area contributed by atoms with Gasteiger partial charge in [-0.05, 0) is 55.0 Å². The van der Waals surface area contributed by atoms with E-state index in [1.807, 2.05) is 60.0 Å². The van der Waals surface area contributed by atoms with E-state index in [0.29, 0.717) is 26.2 Å². The number of para-hydroxylation sites is 1. The summed E-state index contributed by atoms with van der Waals surface area (Å²) in [4.78, 5) is 29.9. The zero-order valence-electron chi connectivity index (χ0n) is 19.9. The van der Waals surface area contributed by atoms with Crippen LogP contribution in [0.2, 0.25) is 10.0 Å². The van der Waals surface area contributed by atoms with Gasteiger partial charge in [0.1, 0.15) is 0 Å². The van der Waals surface area contributed by atoms with Gasteiger partial charge in [0, 0.05) is 10.7 Å². The number of amides is 2. The second-order valence-electron chi connectivity index (χ2n) is 8.20. The number of aryl methyl sites for hydroxylation is 1. The highest BCUT2D eigenvalue weighted by atomic mass is 35.5. The molecule has 0 saturated heterocycles. The average molecular weight is 584 g/mol. The van der Waals surface area contributed by atoms with Crippen molar-refractivity contribution in [2.45, 2.75) is 18.6 Å². The number of thiazole rings is 1. The molecule has 2 N–H and O–H groups in total. The summed E-state index contributed by atoms with van der Waals surface area (Å²) in [5.41, 5.74) is 2.96. The van der Waals surface area contributed by atoms with Crippen molar-refractivity contribution in [3.05, 3.63) is 93.7 Å². The first-order chi connectivity index (χ1) is 18.4. The largest absolute Gasteiger partial charge is 0.345 e. The predicted octanol–water partition coefficient (Wildman–Crippen LogP) is 6.15. The Hall–Kier alpha value is -3.44. The van der Waals surface area contributed by atoms with Crippen molar-refractivity contribution in [1.82, 2.24) is 25.1 Å². The van der Waals surface area contributed by atoms with Crippen molar-refractivity contribution in [3.8, 4) is 5.69 Å². The van der Waals surface area contributed by atoms with E-state index in [2.05, 4.69) is 25.8 Å². The quantitative estimate of drug-likeness (QED) is 0.213. The molecule has 0 saturated carbocycles. The number of benzene rings is 3. The molecule has 0 aliphatic carbocycles. The van der Waals surface area contributed by atoms with Crippen molar-refractivity contribution < 1.29 is 9.59 Å². The summed E-state index contributed by atoms with van der Waals surface area (Å²) in [6.07, 6.45) is 0. The fourth-order valence-corrected chi connectivity index (χ4v) is 5.70. The standard InChI is InChI=1S/C26H20Cl2N6O2S2/c1-15-5-4-6-17(11-15)34-22(13-29-24(36)18-12-16(27)9-10-19(18)28)32-33-26(34)37-14-23(35)31-25-30-20-7-2-3-8-21(20)38-25/h2-12H,13-14H2,1H3,(H,29,36)(H,30,31,35). The van der Waals surface area contributed by atoms with Crippen LogP contribution in [0.25, 0.3) is 15.9 Å². The highest BCUT2D eigenvalue weighted by Gasteiger charge is 2.18. The summed E-state index contributed by atoms with van der Waals surface area (Å²) < 4.78 is 2.82. The Morgan fingerprint density at radius 2 is 1.87 bits per heavy atom. The van der Waals surface area contributed by atoms with E-state index >= 15 is 0 Å². The Morgan fingerprint density at radius 3 is 2.68 bits per heavy atom. The van der Waals surface area contributed by atoms with Gasteiger partial charge in [0.2, 0.25) is 5.91 Å². The summed E-state index contributed by atoms with van der Waals surface area (Å²) in [6.45, 7) is 2.07. The SMILES string of the molecule is Cc1cccc(-n2c(CNC(=O)c3cc(Cl)ccc3Cl)nnc2SCC(=O)Nc2nc3ccccc3s2)c1. The lowest BCUT2D eigenvalue weighted by Gasteiger charge is -2.12. The molecule has 2 amide bonds. The van der Waals surface area contributed by atoms with Crippen LogP contribution in [0.5, 0.6) is 0 Å². The van der Waals surface area contributed by atoms with Crippen LogP contribution in [0, 0.1) is 6.92 Å². The Balaban J connectivity index is 1.33. The number of fused-ring (bicyclic) bond motifs is 1. The van der Waals surface area contributed by atoms with Crippen molar-refractivity contribution in [3.63, 3.8) is 0 Å². The predicted molar refractivity (Wildman–Crippen MR) is 153 cm³/mol. The maximum atomic E-state index is 12.8.